The first kappa shape index (κ1) is 20.0. The number of carbonyl (C=O) groups excluding carboxylic acids is 1. The Kier molecular flexibility index (Phi) is 5.22. The lowest BCUT2D eigenvalue weighted by Crippen LogP contribution is -2.64. The SMILES string of the molecule is CC(C)(C)OC(=O)N1CC2(C1)CC(OCC(=O)O)(c1ccc(Br)nc1)CO2. The molecular weight excluding hydrogens is 420 g/mol. The zero-order valence-corrected chi connectivity index (χ0v) is 17.1. The van der Waals surface area contributed by atoms with Gasteiger partial charge in [-0.2, -0.15) is 0 Å². The van der Waals surface area contributed by atoms with Gasteiger partial charge in [0.15, 0.2) is 0 Å². The molecule has 1 amide bonds. The van der Waals surface area contributed by atoms with Gasteiger partial charge in [0.1, 0.15) is 28.0 Å². The average Bonchev–Trinajstić information content (AvgIpc) is 2.92. The number of carbonyl (C=O) groups is 2. The third kappa shape index (κ3) is 4.41. The lowest BCUT2D eigenvalue weighted by Gasteiger charge is -2.47. The Balaban J connectivity index is 1.72. The summed E-state index contributed by atoms with van der Waals surface area (Å²) in [6.45, 7) is 5.97. The van der Waals surface area contributed by atoms with Crippen molar-refractivity contribution < 1.29 is 28.9 Å². The second kappa shape index (κ2) is 7.03. The highest BCUT2D eigenvalue weighted by Gasteiger charge is 2.58. The van der Waals surface area contributed by atoms with Crippen LogP contribution in [0.25, 0.3) is 0 Å². The first-order valence-electron chi connectivity index (χ1n) is 8.62. The Morgan fingerprint density at radius 2 is 2.07 bits per heavy atom. The Morgan fingerprint density at radius 1 is 1.37 bits per heavy atom. The fraction of sp³-hybridized carbons (Fsp3) is 0.611. The van der Waals surface area contributed by atoms with Crippen LogP contribution >= 0.6 is 15.9 Å². The van der Waals surface area contributed by atoms with Crippen LogP contribution in [0.2, 0.25) is 0 Å². The molecule has 1 spiro atoms. The predicted octanol–water partition coefficient (Wildman–Crippen LogP) is 2.55. The van der Waals surface area contributed by atoms with Gasteiger partial charge in [-0.15, -0.1) is 0 Å². The van der Waals surface area contributed by atoms with E-state index in [2.05, 4.69) is 20.9 Å². The number of ether oxygens (including phenoxy) is 3. The fourth-order valence-corrected chi connectivity index (χ4v) is 3.64. The molecule has 2 saturated heterocycles. The molecule has 8 nitrogen and oxygen atoms in total. The largest absolute Gasteiger partial charge is 0.480 e. The molecule has 1 N–H and O–H groups in total. The maximum atomic E-state index is 12.2. The number of amides is 1. The zero-order chi connectivity index (χ0) is 19.9. The number of likely N-dealkylation sites (tertiary alicyclic amines) is 1. The van der Waals surface area contributed by atoms with E-state index in [1.807, 2.05) is 26.8 Å². The summed E-state index contributed by atoms with van der Waals surface area (Å²) in [6, 6.07) is 3.62. The number of halogens is 1. The molecular formula is C18H23BrN2O6. The molecule has 2 fully saturated rings. The molecule has 0 bridgehead atoms. The van der Waals surface area contributed by atoms with Crippen LogP contribution in [0.15, 0.2) is 22.9 Å². The van der Waals surface area contributed by atoms with Crippen LogP contribution < -0.4 is 0 Å². The topological polar surface area (TPSA) is 98.2 Å². The van der Waals surface area contributed by atoms with Crippen molar-refractivity contribution in [1.82, 2.24) is 9.88 Å². The number of carboxylic acid groups (broad SMARTS) is 1. The van der Waals surface area contributed by atoms with E-state index in [0.29, 0.717) is 24.1 Å². The van der Waals surface area contributed by atoms with Crippen LogP contribution in [0.1, 0.15) is 32.8 Å². The number of nitrogens with zero attached hydrogens (tertiary/aromatic N) is 2. The smallest absolute Gasteiger partial charge is 0.410 e. The van der Waals surface area contributed by atoms with Crippen LogP contribution in [-0.4, -0.2) is 64.6 Å². The number of aromatic nitrogens is 1. The van der Waals surface area contributed by atoms with Gasteiger partial charge in [-0.1, -0.05) is 6.07 Å². The lowest BCUT2D eigenvalue weighted by molar-refractivity contribution is -0.150. The summed E-state index contributed by atoms with van der Waals surface area (Å²) in [5, 5.41) is 9.05. The molecule has 1 aromatic heterocycles. The first-order chi connectivity index (χ1) is 12.5. The van der Waals surface area contributed by atoms with Crippen LogP contribution in [-0.2, 0) is 24.6 Å². The second-order valence-electron chi connectivity index (χ2n) is 8.03. The number of pyridine rings is 1. The van der Waals surface area contributed by atoms with E-state index in [4.69, 9.17) is 19.3 Å². The van der Waals surface area contributed by atoms with E-state index < -0.39 is 29.4 Å². The Morgan fingerprint density at radius 3 is 2.63 bits per heavy atom. The normalized spacial score (nSPS) is 23.9. The molecule has 3 heterocycles. The Labute approximate surface area is 165 Å². The maximum absolute atomic E-state index is 12.2. The van der Waals surface area contributed by atoms with E-state index in [1.54, 1.807) is 17.2 Å². The van der Waals surface area contributed by atoms with Crippen molar-refractivity contribution in [3.05, 3.63) is 28.5 Å². The quantitative estimate of drug-likeness (QED) is 0.715. The van der Waals surface area contributed by atoms with E-state index in [0.717, 1.165) is 5.56 Å². The van der Waals surface area contributed by atoms with Crippen molar-refractivity contribution in [1.29, 1.82) is 0 Å². The molecule has 1 atom stereocenters. The molecule has 2 aliphatic rings. The monoisotopic (exact) mass is 442 g/mol. The molecule has 3 rings (SSSR count). The molecule has 1 unspecified atom stereocenters. The van der Waals surface area contributed by atoms with Crippen LogP contribution in [0.3, 0.4) is 0 Å². The summed E-state index contributed by atoms with van der Waals surface area (Å²) in [5.41, 5.74) is -1.29. The van der Waals surface area contributed by atoms with Gasteiger partial charge < -0.3 is 24.2 Å². The van der Waals surface area contributed by atoms with Gasteiger partial charge in [-0.05, 0) is 42.8 Å². The number of carboxylic acids is 1. The van der Waals surface area contributed by atoms with Gasteiger partial charge in [0.25, 0.3) is 0 Å². The highest BCUT2D eigenvalue weighted by Crippen LogP contribution is 2.47. The molecule has 1 aromatic rings. The number of aliphatic carboxylic acids is 1. The number of hydrogen-bond donors (Lipinski definition) is 1. The molecule has 27 heavy (non-hydrogen) atoms. The highest BCUT2D eigenvalue weighted by atomic mass is 79.9. The van der Waals surface area contributed by atoms with E-state index in [-0.39, 0.29) is 12.7 Å². The van der Waals surface area contributed by atoms with Crippen LogP contribution in [0.5, 0.6) is 0 Å². The molecule has 0 saturated carbocycles. The number of hydrogen-bond acceptors (Lipinski definition) is 6. The molecule has 0 aromatic carbocycles. The van der Waals surface area contributed by atoms with E-state index in [1.165, 1.54) is 0 Å². The highest BCUT2D eigenvalue weighted by molar-refractivity contribution is 9.10. The van der Waals surface area contributed by atoms with Crippen LogP contribution in [0.4, 0.5) is 4.79 Å². The molecule has 0 radical (unpaired) electrons. The lowest BCUT2D eigenvalue weighted by atomic mass is 9.82. The summed E-state index contributed by atoms with van der Waals surface area (Å²) < 4.78 is 17.8. The van der Waals surface area contributed by atoms with Crippen molar-refractivity contribution >= 4 is 28.0 Å². The van der Waals surface area contributed by atoms with E-state index >= 15 is 0 Å². The summed E-state index contributed by atoms with van der Waals surface area (Å²) in [6.07, 6.45) is 1.71. The zero-order valence-electron chi connectivity index (χ0n) is 15.5. The predicted molar refractivity (Wildman–Crippen MR) is 98.3 cm³/mol. The fourth-order valence-electron chi connectivity index (χ4n) is 3.41. The van der Waals surface area contributed by atoms with Crippen molar-refractivity contribution in [2.45, 2.75) is 44.0 Å². The van der Waals surface area contributed by atoms with Crippen LogP contribution in [0, 0.1) is 0 Å². The van der Waals surface area contributed by atoms with Crippen molar-refractivity contribution in [3.63, 3.8) is 0 Å². The van der Waals surface area contributed by atoms with Crippen molar-refractivity contribution in [3.8, 4) is 0 Å². The number of rotatable bonds is 4. The standard InChI is InChI=1S/C18H23BrN2O6/c1-16(2,3)27-15(24)21-9-17(10-21)8-18(11-26-17,25-7-14(22)23)12-4-5-13(19)20-6-12/h4-6H,7-11H2,1-3H3,(H,22,23). The van der Waals surface area contributed by atoms with Gasteiger partial charge >= 0.3 is 12.1 Å². The third-order valence-corrected chi connectivity index (χ3v) is 5.02. The first-order valence-corrected chi connectivity index (χ1v) is 9.42. The average molecular weight is 443 g/mol. The Bertz CT molecular complexity index is 726. The van der Waals surface area contributed by atoms with Gasteiger partial charge in [0, 0.05) is 18.2 Å². The van der Waals surface area contributed by atoms with Gasteiger partial charge in [0.2, 0.25) is 0 Å². The molecule has 9 heteroatoms. The minimum atomic E-state index is -1.05. The summed E-state index contributed by atoms with van der Waals surface area (Å²) in [4.78, 5) is 29.0. The minimum absolute atomic E-state index is 0.200. The second-order valence-corrected chi connectivity index (χ2v) is 8.84. The molecule has 148 valence electrons. The Hall–Kier alpha value is -1.71. The summed E-state index contributed by atoms with van der Waals surface area (Å²) in [7, 11) is 0. The molecule has 0 aliphatic carbocycles. The van der Waals surface area contributed by atoms with Crippen molar-refractivity contribution in [2.24, 2.45) is 0 Å². The summed E-state index contributed by atoms with van der Waals surface area (Å²) >= 11 is 3.29. The summed E-state index contributed by atoms with van der Waals surface area (Å²) in [5.74, 6) is -1.05. The minimum Gasteiger partial charge on any atom is -0.480 e. The maximum Gasteiger partial charge on any atom is 0.410 e. The van der Waals surface area contributed by atoms with E-state index in [9.17, 15) is 9.59 Å². The molecule has 2 aliphatic heterocycles. The van der Waals surface area contributed by atoms with Gasteiger partial charge in [-0.3, -0.25) is 0 Å². The van der Waals surface area contributed by atoms with Crippen molar-refractivity contribution in [2.75, 3.05) is 26.3 Å². The third-order valence-electron chi connectivity index (χ3n) is 4.55. The van der Waals surface area contributed by atoms with Gasteiger partial charge in [0.05, 0.1) is 19.7 Å². The van der Waals surface area contributed by atoms with Gasteiger partial charge in [-0.25, -0.2) is 14.6 Å².